The van der Waals surface area contributed by atoms with E-state index in [1.165, 1.54) is 22.3 Å². The summed E-state index contributed by atoms with van der Waals surface area (Å²) in [4.78, 5) is 0. The fourth-order valence-electron chi connectivity index (χ4n) is 4.57. The molecule has 0 saturated heterocycles. The van der Waals surface area contributed by atoms with Crippen LogP contribution in [0.2, 0.25) is 13.1 Å². The van der Waals surface area contributed by atoms with Gasteiger partial charge in [0.1, 0.15) is 8.07 Å². The van der Waals surface area contributed by atoms with E-state index in [4.69, 9.17) is 0 Å². The summed E-state index contributed by atoms with van der Waals surface area (Å²) in [6, 6.07) is 17.1. The van der Waals surface area contributed by atoms with Crippen molar-refractivity contribution < 1.29 is 25.4 Å². The first-order valence-corrected chi connectivity index (χ1v) is 12.3. The molecule has 130 valence electrons. The van der Waals surface area contributed by atoms with Crippen molar-refractivity contribution in [1.82, 2.24) is 0 Å². The van der Waals surface area contributed by atoms with Crippen molar-refractivity contribution in [2.75, 3.05) is 0 Å². The van der Waals surface area contributed by atoms with Crippen LogP contribution in [0.1, 0.15) is 43.1 Å². The molecular weight excluding hydrogens is 327 g/mol. The molecule has 4 rings (SSSR count). The third-order valence-corrected chi connectivity index (χ3v) is 10.6. The Balaban J connectivity index is 0.00000131. The Morgan fingerprint density at radius 2 is 1.69 bits per heavy atom. The van der Waals surface area contributed by atoms with Gasteiger partial charge in [0.25, 0.3) is 0 Å². The van der Waals surface area contributed by atoms with E-state index in [1.807, 2.05) is 0 Å². The van der Waals surface area contributed by atoms with E-state index in [2.05, 4.69) is 93.7 Å². The molecule has 2 unspecified atom stereocenters. The first-order chi connectivity index (χ1) is 11.9. The number of benzene rings is 2. The van der Waals surface area contributed by atoms with Crippen LogP contribution in [0.5, 0.6) is 0 Å². The molecule has 0 fully saturated rings. The van der Waals surface area contributed by atoms with Crippen molar-refractivity contribution in [3.8, 4) is 0 Å². The monoisotopic (exact) mass is 354 g/mol. The number of fused-ring (bicyclic) bond motifs is 2. The maximum atomic E-state index is 12.0. The Hall–Kier alpha value is -1.31. The molecule has 2 aliphatic rings. The fourth-order valence-corrected chi connectivity index (χ4v) is 8.11. The van der Waals surface area contributed by atoms with Gasteiger partial charge in [0, 0.05) is 5.54 Å². The van der Waals surface area contributed by atoms with E-state index >= 15 is 0 Å². The van der Waals surface area contributed by atoms with Gasteiger partial charge in [-0.25, -0.2) is 0 Å². The summed E-state index contributed by atoms with van der Waals surface area (Å²) in [7, 11) is -2.16. The normalized spacial score (nSPS) is 23.5. The Morgan fingerprint density at radius 1 is 1.04 bits per heavy atom. The molecule has 1 N–H and O–H groups in total. The second-order valence-corrected chi connectivity index (χ2v) is 13.1. The van der Waals surface area contributed by atoms with Crippen molar-refractivity contribution in [2.45, 2.75) is 37.7 Å². The molecule has 26 heavy (non-hydrogen) atoms. The van der Waals surface area contributed by atoms with Crippen molar-refractivity contribution in [1.29, 1.82) is 0 Å². The minimum absolute atomic E-state index is 0. The van der Waals surface area contributed by atoms with Crippen LogP contribution in [0.25, 0.3) is 11.6 Å². The number of hydrogen-bond donors (Lipinski definition) is 1. The molecule has 2 atom stereocenters. The van der Waals surface area contributed by atoms with Crippen LogP contribution in [0.15, 0.2) is 60.7 Å². The van der Waals surface area contributed by atoms with Crippen molar-refractivity contribution in [3.05, 3.63) is 82.9 Å². The number of hydrogen-bond acceptors (Lipinski definition) is 1. The predicted molar refractivity (Wildman–Crippen MR) is 110 cm³/mol. The van der Waals surface area contributed by atoms with Crippen LogP contribution in [0.3, 0.4) is 0 Å². The van der Waals surface area contributed by atoms with Gasteiger partial charge in [0.15, 0.2) is 0 Å². The summed E-state index contributed by atoms with van der Waals surface area (Å²) in [6.07, 6.45) is 6.73. The summed E-state index contributed by atoms with van der Waals surface area (Å²) in [5, 5.41) is 11.2. The van der Waals surface area contributed by atoms with Gasteiger partial charge in [0.2, 0.25) is 0 Å². The van der Waals surface area contributed by atoms with Crippen molar-refractivity contribution in [2.24, 2.45) is 5.92 Å². The molecule has 0 spiro atoms. The largest absolute Gasteiger partial charge is 1.00 e. The molecule has 2 aromatic carbocycles. The van der Waals surface area contributed by atoms with Gasteiger partial charge in [-0.3, -0.25) is 0 Å². The standard InChI is InChI=1S/C23H26OSi.Li.H/c1-16(2)20-15-23(24,21-12-8-7-11-19(20)21)25(3,4)22-14-13-17-9-5-6-10-18(17)22;;/h5-16,22,24H,1-4H3;;/q;+1;-1. The summed E-state index contributed by atoms with van der Waals surface area (Å²) in [5.74, 6) is 0.409. The van der Waals surface area contributed by atoms with Gasteiger partial charge in [-0.1, -0.05) is 87.6 Å². The van der Waals surface area contributed by atoms with E-state index in [-0.39, 0.29) is 20.3 Å². The van der Waals surface area contributed by atoms with E-state index in [9.17, 15) is 5.11 Å². The minimum Gasteiger partial charge on any atom is -1.00 e. The first-order valence-electron chi connectivity index (χ1n) is 9.18. The molecule has 0 aliphatic heterocycles. The van der Waals surface area contributed by atoms with Crippen LogP contribution < -0.4 is 18.9 Å². The van der Waals surface area contributed by atoms with E-state index in [1.54, 1.807) is 0 Å². The summed E-state index contributed by atoms with van der Waals surface area (Å²) in [5.41, 5.74) is 6.62. The van der Waals surface area contributed by atoms with Crippen LogP contribution in [0, 0.1) is 5.92 Å². The van der Waals surface area contributed by atoms with Gasteiger partial charge in [-0.05, 0) is 39.8 Å². The van der Waals surface area contributed by atoms with Gasteiger partial charge in [-0.2, -0.15) is 0 Å². The zero-order valence-corrected chi connectivity index (χ0v) is 17.5. The van der Waals surface area contributed by atoms with E-state index in [0.29, 0.717) is 11.5 Å². The molecular formula is C23H27LiOSi. The van der Waals surface area contributed by atoms with Crippen molar-refractivity contribution in [3.63, 3.8) is 0 Å². The third kappa shape index (κ3) is 2.63. The predicted octanol–water partition coefficient (Wildman–Crippen LogP) is 2.64. The quantitative estimate of drug-likeness (QED) is 0.840. The molecule has 2 aromatic rings. The molecule has 1 nitrogen and oxygen atoms in total. The average molecular weight is 354 g/mol. The molecule has 0 aromatic heterocycles. The minimum atomic E-state index is -2.16. The fraction of sp³-hybridized carbons (Fsp3) is 0.304. The van der Waals surface area contributed by atoms with Gasteiger partial charge in [0.05, 0.1) is 5.22 Å². The Labute approximate surface area is 171 Å². The SMILES string of the molecule is CC(C)C1=CC(O)([Si](C)(C)C2C=Cc3ccccc32)c2ccccc21.[H-].[Li+]. The van der Waals surface area contributed by atoms with E-state index in [0.717, 1.165) is 5.56 Å². The summed E-state index contributed by atoms with van der Waals surface area (Å²) >= 11 is 0. The Morgan fingerprint density at radius 3 is 2.42 bits per heavy atom. The second kappa shape index (κ2) is 6.69. The summed E-state index contributed by atoms with van der Waals surface area (Å²) in [6.45, 7) is 9.10. The van der Waals surface area contributed by atoms with Crippen molar-refractivity contribution >= 4 is 19.7 Å². The third-order valence-electron chi connectivity index (χ3n) is 6.19. The van der Waals surface area contributed by atoms with Crippen LogP contribution in [0.4, 0.5) is 0 Å². The first kappa shape index (κ1) is 19.5. The van der Waals surface area contributed by atoms with E-state index < -0.39 is 13.3 Å². The molecule has 0 radical (unpaired) electrons. The van der Waals surface area contributed by atoms with Crippen LogP contribution >= 0.6 is 0 Å². The van der Waals surface area contributed by atoms with Gasteiger partial charge < -0.3 is 6.53 Å². The maximum absolute atomic E-state index is 12.0. The van der Waals surface area contributed by atoms with Crippen LogP contribution in [-0.2, 0) is 5.22 Å². The average Bonchev–Trinajstić information content (AvgIpc) is 3.16. The number of aliphatic hydroxyl groups is 1. The zero-order chi connectivity index (χ0) is 17.8. The Kier molecular flexibility index (Phi) is 5.01. The van der Waals surface area contributed by atoms with Crippen LogP contribution in [-0.4, -0.2) is 13.2 Å². The molecule has 2 aliphatic carbocycles. The molecule has 0 saturated carbocycles. The Bertz CT molecular complexity index is 903. The zero-order valence-electron chi connectivity index (χ0n) is 17.5. The van der Waals surface area contributed by atoms with Gasteiger partial charge in [-0.15, -0.1) is 0 Å². The molecule has 0 heterocycles. The molecule has 0 amide bonds. The smallest absolute Gasteiger partial charge is 1.00 e. The van der Waals surface area contributed by atoms with Gasteiger partial charge >= 0.3 is 18.9 Å². The summed E-state index contributed by atoms with van der Waals surface area (Å²) < 4.78 is 0. The molecule has 0 bridgehead atoms. The number of allylic oxidation sites excluding steroid dienone is 2. The second-order valence-electron chi connectivity index (χ2n) is 8.25. The topological polar surface area (TPSA) is 20.2 Å². The molecule has 3 heteroatoms. The number of rotatable bonds is 3. The maximum Gasteiger partial charge on any atom is 1.00 e.